The highest BCUT2D eigenvalue weighted by molar-refractivity contribution is 7.84. The lowest BCUT2D eigenvalue weighted by molar-refractivity contribution is 0.658. The Morgan fingerprint density at radius 1 is 1.71 bits per heavy atom. The minimum Gasteiger partial charge on any atom is -0.330 e. The summed E-state index contributed by atoms with van der Waals surface area (Å²) >= 11 is 0. The predicted octanol–water partition coefficient (Wildman–Crippen LogP) is -0.199. The Bertz CT molecular complexity index is 312. The van der Waals surface area contributed by atoms with Gasteiger partial charge in [0, 0.05) is 23.1 Å². The van der Waals surface area contributed by atoms with Crippen molar-refractivity contribution in [1.82, 2.24) is 14.8 Å². The van der Waals surface area contributed by atoms with Gasteiger partial charge < -0.3 is 5.73 Å². The van der Waals surface area contributed by atoms with Gasteiger partial charge in [0.25, 0.3) is 0 Å². The monoisotopic (exact) mass is 216 g/mol. The number of nitrogens with two attached hydrogens (primary N) is 1. The fraction of sp³-hybridized carbons (Fsp3) is 0.750. The smallest absolute Gasteiger partial charge is 0.139 e. The molecule has 2 unspecified atom stereocenters. The van der Waals surface area contributed by atoms with Gasteiger partial charge in [0.05, 0.1) is 5.75 Å². The van der Waals surface area contributed by atoms with Crippen LogP contribution in [0.5, 0.6) is 0 Å². The highest BCUT2D eigenvalue weighted by atomic mass is 32.2. The molecule has 2 N–H and O–H groups in total. The molecule has 0 saturated heterocycles. The van der Waals surface area contributed by atoms with Gasteiger partial charge >= 0.3 is 0 Å². The second kappa shape index (κ2) is 5.21. The molecule has 2 atom stereocenters. The lowest BCUT2D eigenvalue weighted by Crippen LogP contribution is -2.18. The van der Waals surface area contributed by atoms with Crippen molar-refractivity contribution < 1.29 is 4.21 Å². The van der Waals surface area contributed by atoms with Gasteiger partial charge in [0.2, 0.25) is 0 Å². The summed E-state index contributed by atoms with van der Waals surface area (Å²) in [6.07, 6.45) is 2.25. The van der Waals surface area contributed by atoms with Gasteiger partial charge in [0.15, 0.2) is 0 Å². The molecule has 0 bridgehead atoms. The van der Waals surface area contributed by atoms with Gasteiger partial charge in [-0.05, 0) is 13.0 Å². The zero-order chi connectivity index (χ0) is 10.6. The molecule has 6 heteroatoms. The molecule has 0 spiro atoms. The van der Waals surface area contributed by atoms with E-state index in [9.17, 15) is 4.21 Å². The van der Waals surface area contributed by atoms with Crippen molar-refractivity contribution in [1.29, 1.82) is 0 Å². The van der Waals surface area contributed by atoms with Crippen molar-refractivity contribution >= 4 is 10.8 Å². The van der Waals surface area contributed by atoms with E-state index in [1.54, 1.807) is 11.7 Å². The first-order valence-electron chi connectivity index (χ1n) is 4.55. The Hall–Kier alpha value is -0.750. The number of aryl methyl sites for hydroxylation is 1. The van der Waals surface area contributed by atoms with E-state index in [0.29, 0.717) is 12.3 Å². The van der Waals surface area contributed by atoms with Crippen LogP contribution in [0.25, 0.3) is 0 Å². The highest BCUT2D eigenvalue weighted by Crippen LogP contribution is 2.06. The summed E-state index contributed by atoms with van der Waals surface area (Å²) in [7, 11) is 0.891. The Labute approximate surface area is 86.2 Å². The Morgan fingerprint density at radius 3 is 2.93 bits per heavy atom. The third kappa shape index (κ3) is 2.88. The lowest BCUT2D eigenvalue weighted by Gasteiger charge is -2.08. The molecule has 0 amide bonds. The first-order chi connectivity index (χ1) is 6.65. The maximum atomic E-state index is 11.7. The Morgan fingerprint density at radius 2 is 2.43 bits per heavy atom. The zero-order valence-corrected chi connectivity index (χ0v) is 9.33. The van der Waals surface area contributed by atoms with E-state index in [4.69, 9.17) is 5.73 Å². The Balaban J connectivity index is 2.53. The van der Waals surface area contributed by atoms with E-state index in [1.807, 2.05) is 6.92 Å². The maximum Gasteiger partial charge on any atom is 0.139 e. The summed E-state index contributed by atoms with van der Waals surface area (Å²) in [4.78, 5) is 4.03. The maximum absolute atomic E-state index is 11.7. The molecule has 1 aromatic heterocycles. The van der Waals surface area contributed by atoms with Crippen LogP contribution in [-0.4, -0.2) is 30.8 Å². The number of nitrogens with zero attached hydrogens (tertiary/aromatic N) is 3. The summed E-state index contributed by atoms with van der Waals surface area (Å²) in [5, 5.41) is 4.04. The van der Waals surface area contributed by atoms with Crippen LogP contribution in [0.2, 0.25) is 0 Å². The van der Waals surface area contributed by atoms with Crippen LogP contribution in [0.1, 0.15) is 19.2 Å². The summed E-state index contributed by atoms with van der Waals surface area (Å²) in [5.41, 5.74) is 5.40. The molecule has 0 aliphatic rings. The van der Waals surface area contributed by atoms with E-state index in [2.05, 4.69) is 10.1 Å². The average Bonchev–Trinajstić information content (AvgIpc) is 2.52. The molecule has 1 rings (SSSR count). The van der Waals surface area contributed by atoms with Crippen molar-refractivity contribution in [2.24, 2.45) is 12.8 Å². The minimum atomic E-state index is -0.908. The second-order valence-electron chi connectivity index (χ2n) is 3.21. The molecule has 1 aromatic rings. The van der Waals surface area contributed by atoms with Crippen molar-refractivity contribution in [2.75, 3.05) is 6.54 Å². The third-order valence-corrected chi connectivity index (χ3v) is 3.77. The van der Waals surface area contributed by atoms with Crippen molar-refractivity contribution in [3.05, 3.63) is 12.2 Å². The molecule has 0 aliphatic carbocycles. The van der Waals surface area contributed by atoms with Gasteiger partial charge in [-0.3, -0.25) is 8.89 Å². The molecule has 5 nitrogen and oxygen atoms in total. The van der Waals surface area contributed by atoms with Crippen LogP contribution in [0.3, 0.4) is 0 Å². The predicted molar refractivity (Wildman–Crippen MR) is 56.0 cm³/mol. The summed E-state index contributed by atoms with van der Waals surface area (Å²) in [6.45, 7) is 2.52. The van der Waals surface area contributed by atoms with Gasteiger partial charge in [-0.2, -0.15) is 5.10 Å². The minimum absolute atomic E-state index is 0.122. The van der Waals surface area contributed by atoms with Crippen LogP contribution in [0, 0.1) is 0 Å². The van der Waals surface area contributed by atoms with E-state index < -0.39 is 10.8 Å². The molecule has 0 radical (unpaired) electrons. The fourth-order valence-corrected chi connectivity index (χ4v) is 2.29. The highest BCUT2D eigenvalue weighted by Gasteiger charge is 2.13. The van der Waals surface area contributed by atoms with Gasteiger partial charge in [0.1, 0.15) is 12.2 Å². The summed E-state index contributed by atoms with van der Waals surface area (Å²) in [6, 6.07) is 0. The molecular weight excluding hydrogens is 200 g/mol. The molecule has 0 saturated carbocycles. The fourth-order valence-electron chi connectivity index (χ4n) is 1.09. The van der Waals surface area contributed by atoms with Crippen LogP contribution < -0.4 is 5.73 Å². The van der Waals surface area contributed by atoms with Gasteiger partial charge in [-0.25, -0.2) is 4.98 Å². The van der Waals surface area contributed by atoms with Crippen molar-refractivity contribution in [3.63, 3.8) is 0 Å². The number of aromatic nitrogens is 3. The summed E-state index contributed by atoms with van der Waals surface area (Å²) in [5.74, 6) is 1.21. The summed E-state index contributed by atoms with van der Waals surface area (Å²) < 4.78 is 13.4. The van der Waals surface area contributed by atoms with Crippen molar-refractivity contribution in [2.45, 2.75) is 24.3 Å². The number of rotatable bonds is 5. The molecule has 0 aliphatic heterocycles. The quantitative estimate of drug-likeness (QED) is 0.740. The topological polar surface area (TPSA) is 73.8 Å². The molecule has 14 heavy (non-hydrogen) atoms. The standard InChI is InChI=1S/C8H16N4OS/c1-7(3-4-9)14(13)5-8-10-6-11-12(8)2/h6-7H,3-5,9H2,1-2H3. The third-order valence-electron chi connectivity index (χ3n) is 2.10. The molecule has 0 fully saturated rings. The molecule has 0 aromatic carbocycles. The second-order valence-corrected chi connectivity index (χ2v) is 5.07. The van der Waals surface area contributed by atoms with Gasteiger partial charge in [-0.15, -0.1) is 0 Å². The molecule has 80 valence electrons. The van der Waals surface area contributed by atoms with Gasteiger partial charge in [-0.1, -0.05) is 6.92 Å². The number of hydrogen-bond acceptors (Lipinski definition) is 4. The van der Waals surface area contributed by atoms with Crippen LogP contribution >= 0.6 is 0 Å². The van der Waals surface area contributed by atoms with E-state index in [-0.39, 0.29) is 5.25 Å². The van der Waals surface area contributed by atoms with Crippen LogP contribution in [0.15, 0.2) is 6.33 Å². The van der Waals surface area contributed by atoms with E-state index in [1.165, 1.54) is 6.33 Å². The van der Waals surface area contributed by atoms with E-state index in [0.717, 1.165) is 12.2 Å². The number of hydrogen-bond donors (Lipinski definition) is 1. The largest absolute Gasteiger partial charge is 0.330 e. The first-order valence-corrected chi connectivity index (χ1v) is 5.93. The molecular formula is C8H16N4OS. The Kier molecular flexibility index (Phi) is 4.21. The average molecular weight is 216 g/mol. The first kappa shape index (κ1) is 11.3. The zero-order valence-electron chi connectivity index (χ0n) is 8.51. The van der Waals surface area contributed by atoms with Crippen molar-refractivity contribution in [3.8, 4) is 0 Å². The molecule has 1 heterocycles. The van der Waals surface area contributed by atoms with Crippen LogP contribution in [0.4, 0.5) is 0 Å². The van der Waals surface area contributed by atoms with E-state index >= 15 is 0 Å². The SMILES string of the molecule is CC(CCN)S(=O)Cc1ncnn1C. The normalized spacial score (nSPS) is 15.4. The van der Waals surface area contributed by atoms with Crippen LogP contribution in [-0.2, 0) is 23.6 Å². The lowest BCUT2D eigenvalue weighted by atomic mass is 10.3.